The number of halogens is 1. The van der Waals surface area contributed by atoms with Gasteiger partial charge in [0.1, 0.15) is 11.6 Å². The molecule has 0 unspecified atom stereocenters. The molecule has 0 spiro atoms. The van der Waals surface area contributed by atoms with Crippen LogP contribution in [0.25, 0.3) is 21.9 Å². The number of aromatic amines is 1. The molecule has 9 heteroatoms. The molecular weight excluding hydrogens is 428 g/mol. The Bertz CT molecular complexity index is 1350. The molecule has 162 valence electrons. The molecule has 0 aliphatic carbocycles. The number of H-pyrrole nitrogens is 1. The van der Waals surface area contributed by atoms with E-state index in [0.29, 0.717) is 57.3 Å². The number of amides is 1. The number of nitrogens with two attached hydrogens (primary N) is 2. The predicted molar refractivity (Wildman–Crippen MR) is 129 cm³/mol. The Labute approximate surface area is 188 Å². The molecule has 0 fully saturated rings. The van der Waals surface area contributed by atoms with Crippen molar-refractivity contribution >= 4 is 45.6 Å². The summed E-state index contributed by atoms with van der Waals surface area (Å²) in [7, 11) is 0. The lowest BCUT2D eigenvalue weighted by Crippen LogP contribution is -2.15. The number of carbonyl (C=O) groups excluding carboxylic acids is 1. The minimum Gasteiger partial charge on any atom is -0.369 e. The van der Waals surface area contributed by atoms with Gasteiger partial charge in [0.2, 0.25) is 5.91 Å². The van der Waals surface area contributed by atoms with Crippen LogP contribution in [0.1, 0.15) is 10.4 Å². The third-order valence-electron chi connectivity index (χ3n) is 4.92. The fourth-order valence-electron chi connectivity index (χ4n) is 3.40. The number of pyridine rings is 2. The van der Waals surface area contributed by atoms with Crippen LogP contribution >= 0.6 is 11.6 Å². The number of primary amides is 1. The second kappa shape index (κ2) is 9.09. The van der Waals surface area contributed by atoms with E-state index in [-0.39, 0.29) is 5.56 Å². The summed E-state index contributed by atoms with van der Waals surface area (Å²) in [6.45, 7) is 0.970. The Morgan fingerprint density at radius 2 is 1.88 bits per heavy atom. The molecule has 4 aromatic rings. The average Bonchev–Trinajstić information content (AvgIpc) is 2.78. The van der Waals surface area contributed by atoms with Crippen molar-refractivity contribution in [1.29, 1.82) is 0 Å². The summed E-state index contributed by atoms with van der Waals surface area (Å²) < 4.78 is 0. The van der Waals surface area contributed by atoms with Gasteiger partial charge in [0.15, 0.2) is 0 Å². The largest absolute Gasteiger partial charge is 0.369 e. The van der Waals surface area contributed by atoms with Gasteiger partial charge >= 0.3 is 0 Å². The van der Waals surface area contributed by atoms with Gasteiger partial charge in [-0.25, -0.2) is 4.98 Å². The number of hydrogen-bond acceptors (Lipinski definition) is 6. The zero-order chi connectivity index (χ0) is 22.7. The molecule has 7 N–H and O–H groups in total. The van der Waals surface area contributed by atoms with Crippen LogP contribution in [-0.2, 0) is 0 Å². The second-order valence-corrected chi connectivity index (χ2v) is 7.54. The molecular formula is C23H21ClN6O2. The smallest absolute Gasteiger partial charge is 0.259 e. The molecule has 2 aromatic carbocycles. The van der Waals surface area contributed by atoms with Crippen molar-refractivity contribution in [2.45, 2.75) is 0 Å². The van der Waals surface area contributed by atoms with Crippen molar-refractivity contribution in [3.63, 3.8) is 0 Å². The Morgan fingerprint density at radius 1 is 1.09 bits per heavy atom. The van der Waals surface area contributed by atoms with Crippen LogP contribution < -0.4 is 27.7 Å². The van der Waals surface area contributed by atoms with Crippen molar-refractivity contribution in [3.05, 3.63) is 81.7 Å². The van der Waals surface area contributed by atoms with E-state index in [1.807, 2.05) is 12.1 Å². The van der Waals surface area contributed by atoms with Gasteiger partial charge in [-0.15, -0.1) is 0 Å². The number of nitrogens with zero attached hydrogens (tertiary/aromatic N) is 1. The molecule has 8 nitrogen and oxygen atoms in total. The van der Waals surface area contributed by atoms with Crippen molar-refractivity contribution in [2.24, 2.45) is 11.5 Å². The highest BCUT2D eigenvalue weighted by molar-refractivity contribution is 6.30. The van der Waals surface area contributed by atoms with E-state index in [1.54, 1.807) is 48.7 Å². The standard InChI is InChI=1S/C23H21ClN6O2/c24-16-4-1-13(2-5-16)17-11-15(21(26)31)3-6-18(17)29-22-20-14(7-9-28-23(20)32)12-19(30-22)27-10-8-25/h1-7,9,11-12H,8,10,25H2,(H2,26,31)(H,28,32)(H2,27,29,30). The number of anilines is 3. The number of benzene rings is 2. The van der Waals surface area contributed by atoms with Crippen LogP contribution in [0.2, 0.25) is 5.02 Å². The first-order valence-electron chi connectivity index (χ1n) is 9.89. The lowest BCUT2D eigenvalue weighted by molar-refractivity contribution is 0.100. The van der Waals surface area contributed by atoms with Gasteiger partial charge in [-0.3, -0.25) is 9.59 Å². The summed E-state index contributed by atoms with van der Waals surface area (Å²) in [4.78, 5) is 31.7. The first-order valence-corrected chi connectivity index (χ1v) is 10.3. The van der Waals surface area contributed by atoms with Gasteiger partial charge in [-0.2, -0.15) is 0 Å². The van der Waals surface area contributed by atoms with E-state index in [9.17, 15) is 9.59 Å². The number of rotatable bonds is 7. The van der Waals surface area contributed by atoms with E-state index in [2.05, 4.69) is 20.6 Å². The van der Waals surface area contributed by atoms with Gasteiger partial charge in [-0.05, 0) is 53.4 Å². The Morgan fingerprint density at radius 3 is 2.59 bits per heavy atom. The van der Waals surface area contributed by atoms with E-state index in [0.717, 1.165) is 5.56 Å². The number of aromatic nitrogens is 2. The first kappa shape index (κ1) is 21.4. The lowest BCUT2D eigenvalue weighted by Gasteiger charge is -2.16. The fourth-order valence-corrected chi connectivity index (χ4v) is 3.52. The van der Waals surface area contributed by atoms with Crippen LogP contribution in [0.4, 0.5) is 17.3 Å². The van der Waals surface area contributed by atoms with Gasteiger partial charge in [-0.1, -0.05) is 23.7 Å². The maximum atomic E-state index is 12.6. The minimum atomic E-state index is -0.542. The normalized spacial score (nSPS) is 10.8. The molecule has 4 rings (SSSR count). The molecule has 0 saturated heterocycles. The number of nitrogens with one attached hydrogen (secondary N) is 3. The molecule has 0 atom stereocenters. The quantitative estimate of drug-likeness (QED) is 0.293. The minimum absolute atomic E-state index is 0.273. The summed E-state index contributed by atoms with van der Waals surface area (Å²) in [5.41, 5.74) is 13.3. The highest BCUT2D eigenvalue weighted by atomic mass is 35.5. The number of carbonyl (C=O) groups is 1. The van der Waals surface area contributed by atoms with E-state index in [4.69, 9.17) is 23.1 Å². The molecule has 0 radical (unpaired) electrons. The van der Waals surface area contributed by atoms with E-state index >= 15 is 0 Å². The third-order valence-corrected chi connectivity index (χ3v) is 5.17. The maximum Gasteiger partial charge on any atom is 0.259 e. The van der Waals surface area contributed by atoms with Gasteiger partial charge in [0.25, 0.3) is 5.56 Å². The fraction of sp³-hybridized carbons (Fsp3) is 0.0870. The molecule has 2 heterocycles. The van der Waals surface area contributed by atoms with Gasteiger partial charge in [0, 0.05) is 41.1 Å². The molecule has 32 heavy (non-hydrogen) atoms. The molecule has 0 saturated carbocycles. The first-order chi connectivity index (χ1) is 15.5. The molecule has 1 amide bonds. The summed E-state index contributed by atoms with van der Waals surface area (Å²) >= 11 is 6.04. The summed E-state index contributed by atoms with van der Waals surface area (Å²) in [5, 5.41) is 8.12. The van der Waals surface area contributed by atoms with Crippen molar-refractivity contribution in [2.75, 3.05) is 23.7 Å². The monoisotopic (exact) mass is 448 g/mol. The number of hydrogen-bond donors (Lipinski definition) is 5. The second-order valence-electron chi connectivity index (χ2n) is 7.10. The van der Waals surface area contributed by atoms with Crippen molar-refractivity contribution < 1.29 is 4.79 Å². The maximum absolute atomic E-state index is 12.6. The van der Waals surface area contributed by atoms with Crippen LogP contribution in [0.3, 0.4) is 0 Å². The Hall–Kier alpha value is -3.88. The summed E-state index contributed by atoms with van der Waals surface area (Å²) in [6, 6.07) is 15.8. The lowest BCUT2D eigenvalue weighted by atomic mass is 10.0. The van der Waals surface area contributed by atoms with Crippen LogP contribution in [0, 0.1) is 0 Å². The van der Waals surface area contributed by atoms with E-state index < -0.39 is 5.91 Å². The predicted octanol–water partition coefficient (Wildman–Crippen LogP) is 3.46. The molecule has 0 aliphatic rings. The molecule has 0 aliphatic heterocycles. The van der Waals surface area contributed by atoms with Crippen molar-refractivity contribution in [1.82, 2.24) is 9.97 Å². The zero-order valence-electron chi connectivity index (χ0n) is 17.0. The molecule has 2 aromatic heterocycles. The highest BCUT2D eigenvalue weighted by Gasteiger charge is 2.14. The summed E-state index contributed by atoms with van der Waals surface area (Å²) in [5.74, 6) is 0.406. The van der Waals surface area contributed by atoms with E-state index in [1.165, 1.54) is 0 Å². The van der Waals surface area contributed by atoms with Gasteiger partial charge < -0.3 is 27.1 Å². The average molecular weight is 449 g/mol. The van der Waals surface area contributed by atoms with Crippen LogP contribution in [-0.4, -0.2) is 29.0 Å². The number of fused-ring (bicyclic) bond motifs is 1. The topological polar surface area (TPSA) is 139 Å². The third kappa shape index (κ3) is 4.41. The van der Waals surface area contributed by atoms with Gasteiger partial charge in [0.05, 0.1) is 5.39 Å². The van der Waals surface area contributed by atoms with Crippen molar-refractivity contribution in [3.8, 4) is 11.1 Å². The zero-order valence-corrected chi connectivity index (χ0v) is 17.7. The SMILES string of the molecule is NCCNc1cc2cc[nH]c(=O)c2c(Nc2ccc(C(N)=O)cc2-c2ccc(Cl)cc2)n1. The Kier molecular flexibility index (Phi) is 6.07. The Balaban J connectivity index is 1.87. The summed E-state index contributed by atoms with van der Waals surface area (Å²) in [6.07, 6.45) is 1.59. The van der Waals surface area contributed by atoms with Crippen LogP contribution in [0.15, 0.2) is 65.6 Å². The molecule has 0 bridgehead atoms. The van der Waals surface area contributed by atoms with Crippen LogP contribution in [0.5, 0.6) is 0 Å². The highest BCUT2D eigenvalue weighted by Crippen LogP contribution is 2.33.